The SMILES string of the molecule is CC(C)=CCc1cc(C(=O)Cc2cc3ccc(OCCCN4CCOCC4)c(C)c3oc2=O)ccc1O. The molecule has 1 aliphatic heterocycles. The molecule has 0 aliphatic carbocycles. The summed E-state index contributed by atoms with van der Waals surface area (Å²) < 4.78 is 17.0. The Bertz CT molecular complexity index is 1350. The number of carbonyl (C=O) groups excluding carboxylic acids is 1. The number of hydrogen-bond donors (Lipinski definition) is 1. The molecule has 0 bridgehead atoms. The molecule has 37 heavy (non-hydrogen) atoms. The van der Waals surface area contributed by atoms with E-state index in [-0.39, 0.29) is 18.0 Å². The molecule has 0 saturated carbocycles. The summed E-state index contributed by atoms with van der Waals surface area (Å²) in [5.41, 5.74) is 3.26. The van der Waals surface area contributed by atoms with Gasteiger partial charge in [-0.1, -0.05) is 11.6 Å². The van der Waals surface area contributed by atoms with Crippen LogP contribution >= 0.6 is 0 Å². The van der Waals surface area contributed by atoms with E-state index in [0.717, 1.165) is 55.8 Å². The van der Waals surface area contributed by atoms with Gasteiger partial charge in [0.2, 0.25) is 0 Å². The Hall–Kier alpha value is -3.42. The van der Waals surface area contributed by atoms with Crippen LogP contribution in [0.1, 0.15) is 47.3 Å². The Morgan fingerprint density at radius 3 is 2.65 bits per heavy atom. The van der Waals surface area contributed by atoms with Gasteiger partial charge in [-0.15, -0.1) is 0 Å². The van der Waals surface area contributed by atoms with Gasteiger partial charge in [0.1, 0.15) is 17.1 Å². The molecule has 0 radical (unpaired) electrons. The van der Waals surface area contributed by atoms with Gasteiger partial charge in [-0.3, -0.25) is 9.69 Å². The predicted octanol–water partition coefficient (Wildman–Crippen LogP) is 4.84. The molecule has 4 rings (SSSR count). The monoisotopic (exact) mass is 505 g/mol. The standard InChI is InChI=1S/C30H35NO6/c1-20(2)5-6-22-17-23(7-9-26(22)32)27(33)19-25-18-24-8-10-28(21(3)29(24)37-30(25)34)36-14-4-11-31-12-15-35-16-13-31/h5,7-10,17-18,32H,4,6,11-16,19H2,1-3H3. The van der Waals surface area contributed by atoms with Crippen LogP contribution in [0.5, 0.6) is 11.5 Å². The fourth-order valence-electron chi connectivity index (χ4n) is 4.43. The fraction of sp³-hybridized carbons (Fsp3) is 0.400. The Kier molecular flexibility index (Phi) is 8.79. The molecule has 7 heteroatoms. The maximum absolute atomic E-state index is 13.0. The lowest BCUT2D eigenvalue weighted by atomic mass is 9.99. The third-order valence-corrected chi connectivity index (χ3v) is 6.64. The highest BCUT2D eigenvalue weighted by Crippen LogP contribution is 2.28. The molecule has 1 aromatic heterocycles. The van der Waals surface area contributed by atoms with Crippen LogP contribution in [0.25, 0.3) is 11.0 Å². The summed E-state index contributed by atoms with van der Waals surface area (Å²) in [7, 11) is 0. The first-order valence-corrected chi connectivity index (χ1v) is 12.8. The van der Waals surface area contributed by atoms with Crippen molar-refractivity contribution in [1.29, 1.82) is 0 Å². The predicted molar refractivity (Wildman–Crippen MR) is 144 cm³/mol. The zero-order valence-electron chi connectivity index (χ0n) is 21.8. The molecule has 1 aliphatic rings. The van der Waals surface area contributed by atoms with E-state index in [1.807, 2.05) is 39.0 Å². The van der Waals surface area contributed by atoms with Gasteiger partial charge in [-0.05, 0) is 75.6 Å². The number of ether oxygens (including phenoxy) is 2. The smallest absolute Gasteiger partial charge is 0.339 e. The van der Waals surface area contributed by atoms with Crippen molar-refractivity contribution in [3.05, 3.63) is 80.7 Å². The summed E-state index contributed by atoms with van der Waals surface area (Å²) in [5, 5.41) is 10.9. The van der Waals surface area contributed by atoms with Crippen molar-refractivity contribution in [3.63, 3.8) is 0 Å². The van der Waals surface area contributed by atoms with Crippen LogP contribution in [0, 0.1) is 6.92 Å². The summed E-state index contributed by atoms with van der Waals surface area (Å²) in [6, 6.07) is 10.3. The second-order valence-corrected chi connectivity index (χ2v) is 9.75. The molecular weight excluding hydrogens is 470 g/mol. The highest BCUT2D eigenvalue weighted by atomic mass is 16.5. The number of phenols is 1. The first-order chi connectivity index (χ1) is 17.8. The second-order valence-electron chi connectivity index (χ2n) is 9.75. The van der Waals surface area contributed by atoms with E-state index in [2.05, 4.69) is 4.90 Å². The number of aromatic hydroxyl groups is 1. The summed E-state index contributed by atoms with van der Waals surface area (Å²) in [5.74, 6) is 0.630. The molecule has 0 atom stereocenters. The Labute approximate surface area is 217 Å². The number of fused-ring (bicyclic) bond motifs is 1. The second kappa shape index (κ2) is 12.2. The molecule has 0 amide bonds. The minimum atomic E-state index is -0.531. The average molecular weight is 506 g/mol. The zero-order chi connectivity index (χ0) is 26.4. The van der Waals surface area contributed by atoms with Gasteiger partial charge < -0.3 is 19.0 Å². The van der Waals surface area contributed by atoms with E-state index in [9.17, 15) is 14.7 Å². The number of benzene rings is 2. The molecule has 3 aromatic rings. The minimum Gasteiger partial charge on any atom is -0.508 e. The maximum atomic E-state index is 13.0. The topological polar surface area (TPSA) is 89.2 Å². The van der Waals surface area contributed by atoms with Gasteiger partial charge in [-0.2, -0.15) is 0 Å². The summed E-state index contributed by atoms with van der Waals surface area (Å²) in [4.78, 5) is 28.1. The number of phenolic OH excluding ortho intramolecular Hbond substituents is 1. The number of Topliss-reactive ketones (excluding diaryl/α,β-unsaturated/α-hetero) is 1. The number of ketones is 1. The van der Waals surface area contributed by atoms with E-state index in [1.165, 1.54) is 6.07 Å². The van der Waals surface area contributed by atoms with E-state index in [0.29, 0.717) is 41.1 Å². The van der Waals surface area contributed by atoms with Crippen LogP contribution in [0.3, 0.4) is 0 Å². The van der Waals surface area contributed by atoms with Gasteiger partial charge in [0.05, 0.1) is 19.8 Å². The van der Waals surface area contributed by atoms with Crippen molar-refractivity contribution in [1.82, 2.24) is 4.90 Å². The number of nitrogens with zero attached hydrogens (tertiary/aromatic N) is 1. The summed E-state index contributed by atoms with van der Waals surface area (Å²) in [6.45, 7) is 10.8. The van der Waals surface area contributed by atoms with Crippen LogP contribution in [0.4, 0.5) is 0 Å². The van der Waals surface area contributed by atoms with Crippen molar-refractivity contribution in [2.24, 2.45) is 0 Å². The Morgan fingerprint density at radius 1 is 1.11 bits per heavy atom. The van der Waals surface area contributed by atoms with Gasteiger partial charge in [0, 0.05) is 48.1 Å². The van der Waals surface area contributed by atoms with E-state index in [1.54, 1.807) is 18.2 Å². The van der Waals surface area contributed by atoms with E-state index >= 15 is 0 Å². The van der Waals surface area contributed by atoms with Gasteiger partial charge in [0.15, 0.2) is 5.78 Å². The molecule has 0 unspecified atom stereocenters. The van der Waals surface area contributed by atoms with Crippen LogP contribution in [0.2, 0.25) is 0 Å². The van der Waals surface area contributed by atoms with Crippen LogP contribution in [0.15, 0.2) is 57.3 Å². The molecule has 1 fully saturated rings. The molecule has 0 spiro atoms. The minimum absolute atomic E-state index is 0.0794. The lowest BCUT2D eigenvalue weighted by Crippen LogP contribution is -2.37. The molecule has 2 heterocycles. The molecule has 196 valence electrons. The Balaban J connectivity index is 1.44. The number of morpholine rings is 1. The lowest BCUT2D eigenvalue weighted by molar-refractivity contribution is 0.0358. The number of hydrogen-bond acceptors (Lipinski definition) is 7. The summed E-state index contributed by atoms with van der Waals surface area (Å²) in [6.07, 6.45) is 3.34. The molecule has 7 nitrogen and oxygen atoms in total. The highest BCUT2D eigenvalue weighted by molar-refractivity contribution is 5.98. The molecular formula is C30H35NO6. The molecule has 1 N–H and O–H groups in total. The Morgan fingerprint density at radius 2 is 1.89 bits per heavy atom. The molecule has 1 saturated heterocycles. The van der Waals surface area contributed by atoms with Crippen molar-refractivity contribution in [2.75, 3.05) is 39.5 Å². The lowest BCUT2D eigenvalue weighted by Gasteiger charge is -2.26. The normalized spacial score (nSPS) is 14.0. The van der Waals surface area contributed by atoms with E-state index in [4.69, 9.17) is 13.9 Å². The first-order valence-electron chi connectivity index (χ1n) is 12.8. The van der Waals surface area contributed by atoms with Crippen LogP contribution < -0.4 is 10.4 Å². The largest absolute Gasteiger partial charge is 0.508 e. The van der Waals surface area contributed by atoms with E-state index < -0.39 is 5.63 Å². The van der Waals surface area contributed by atoms with Gasteiger partial charge in [0.25, 0.3) is 0 Å². The average Bonchev–Trinajstić information content (AvgIpc) is 2.88. The highest BCUT2D eigenvalue weighted by Gasteiger charge is 2.16. The fourth-order valence-corrected chi connectivity index (χ4v) is 4.43. The quantitative estimate of drug-likeness (QED) is 0.182. The van der Waals surface area contributed by atoms with Crippen molar-refractivity contribution < 1.29 is 23.8 Å². The molecule has 2 aromatic carbocycles. The number of aryl methyl sites for hydroxylation is 1. The maximum Gasteiger partial charge on any atom is 0.339 e. The van der Waals surface area contributed by atoms with Crippen molar-refractivity contribution in [3.8, 4) is 11.5 Å². The number of allylic oxidation sites excluding steroid dienone is 2. The van der Waals surface area contributed by atoms with Crippen molar-refractivity contribution in [2.45, 2.75) is 40.0 Å². The number of rotatable bonds is 10. The van der Waals surface area contributed by atoms with Crippen LogP contribution in [-0.4, -0.2) is 55.2 Å². The summed E-state index contributed by atoms with van der Waals surface area (Å²) >= 11 is 0. The zero-order valence-corrected chi connectivity index (χ0v) is 21.8. The first kappa shape index (κ1) is 26.6. The van der Waals surface area contributed by atoms with Crippen LogP contribution in [-0.2, 0) is 17.6 Å². The van der Waals surface area contributed by atoms with Gasteiger partial charge >= 0.3 is 5.63 Å². The third-order valence-electron chi connectivity index (χ3n) is 6.64. The number of carbonyl (C=O) groups is 1. The third kappa shape index (κ3) is 6.87. The van der Waals surface area contributed by atoms with Gasteiger partial charge in [-0.25, -0.2) is 4.79 Å². The van der Waals surface area contributed by atoms with Crippen molar-refractivity contribution >= 4 is 16.8 Å².